The van der Waals surface area contributed by atoms with Crippen LogP contribution in [0.3, 0.4) is 0 Å². The molecule has 0 atom stereocenters. The number of nitriles is 1. The topological polar surface area (TPSA) is 58.7 Å². The number of nitrogens with zero attached hydrogens (tertiary/aromatic N) is 3. The molecule has 0 fully saturated rings. The van der Waals surface area contributed by atoms with Crippen LogP contribution in [0.1, 0.15) is 16.7 Å². The fourth-order valence-electron chi connectivity index (χ4n) is 3.90. The van der Waals surface area contributed by atoms with Crippen LogP contribution >= 0.6 is 11.8 Å². The van der Waals surface area contributed by atoms with E-state index in [2.05, 4.69) is 18.2 Å². The Kier molecular flexibility index (Phi) is 5.93. The fourth-order valence-corrected chi connectivity index (χ4v) is 4.89. The molecule has 0 bridgehead atoms. The van der Waals surface area contributed by atoms with Crippen molar-refractivity contribution in [3.05, 3.63) is 118 Å². The molecule has 0 saturated carbocycles. The first-order chi connectivity index (χ1) is 16.2. The van der Waals surface area contributed by atoms with E-state index in [4.69, 9.17) is 10.2 Å². The molecule has 5 aromatic rings. The highest BCUT2D eigenvalue weighted by molar-refractivity contribution is 7.98. The van der Waals surface area contributed by atoms with Gasteiger partial charge in [-0.3, -0.25) is 9.36 Å². The van der Waals surface area contributed by atoms with Crippen LogP contribution in [0.5, 0.6) is 0 Å². The first-order valence-electron chi connectivity index (χ1n) is 10.8. The Labute approximate surface area is 196 Å². The predicted molar refractivity (Wildman–Crippen MR) is 134 cm³/mol. The molecule has 0 aliphatic rings. The molecule has 0 aliphatic heterocycles. The van der Waals surface area contributed by atoms with Crippen LogP contribution in [0.25, 0.3) is 21.7 Å². The number of aromatic nitrogens is 2. The number of thioether (sulfide) groups is 1. The third-order valence-electron chi connectivity index (χ3n) is 5.70. The molecule has 0 saturated heterocycles. The van der Waals surface area contributed by atoms with E-state index in [9.17, 15) is 4.79 Å². The van der Waals surface area contributed by atoms with E-state index < -0.39 is 0 Å². The Morgan fingerprint density at radius 1 is 0.848 bits per heavy atom. The summed E-state index contributed by atoms with van der Waals surface area (Å²) in [5.41, 5.74) is 3.62. The van der Waals surface area contributed by atoms with Gasteiger partial charge in [0.1, 0.15) is 0 Å². The zero-order valence-corrected chi connectivity index (χ0v) is 18.8. The van der Waals surface area contributed by atoms with Gasteiger partial charge in [-0.15, -0.1) is 0 Å². The average molecular weight is 448 g/mol. The van der Waals surface area contributed by atoms with Crippen molar-refractivity contribution in [3.63, 3.8) is 0 Å². The number of hydrogen-bond acceptors (Lipinski definition) is 4. The van der Waals surface area contributed by atoms with Gasteiger partial charge in [0, 0.05) is 12.3 Å². The summed E-state index contributed by atoms with van der Waals surface area (Å²) in [5.74, 6) is 0.669. The van der Waals surface area contributed by atoms with Crippen LogP contribution in [0.15, 0.2) is 101 Å². The lowest BCUT2D eigenvalue weighted by Gasteiger charge is -2.14. The summed E-state index contributed by atoms with van der Waals surface area (Å²) >= 11 is 1.55. The minimum atomic E-state index is -0.0102. The Morgan fingerprint density at radius 3 is 2.27 bits per heavy atom. The Morgan fingerprint density at radius 2 is 1.55 bits per heavy atom. The van der Waals surface area contributed by atoms with Crippen LogP contribution in [0, 0.1) is 11.3 Å². The molecule has 5 heteroatoms. The molecule has 0 spiro atoms. The van der Waals surface area contributed by atoms with Crippen molar-refractivity contribution < 1.29 is 0 Å². The highest BCUT2D eigenvalue weighted by Gasteiger charge is 2.13. The van der Waals surface area contributed by atoms with Gasteiger partial charge in [-0.1, -0.05) is 78.5 Å². The number of benzene rings is 4. The van der Waals surface area contributed by atoms with Crippen molar-refractivity contribution in [3.8, 4) is 6.07 Å². The van der Waals surface area contributed by atoms with Gasteiger partial charge in [-0.05, 0) is 52.6 Å². The molecule has 33 heavy (non-hydrogen) atoms. The van der Waals surface area contributed by atoms with Gasteiger partial charge in [0.05, 0.1) is 22.5 Å². The van der Waals surface area contributed by atoms with Crippen molar-refractivity contribution in [1.82, 2.24) is 9.55 Å². The first kappa shape index (κ1) is 21.0. The highest BCUT2D eigenvalue weighted by atomic mass is 32.2. The first-order valence-corrected chi connectivity index (χ1v) is 11.8. The summed E-state index contributed by atoms with van der Waals surface area (Å²) in [7, 11) is 0. The van der Waals surface area contributed by atoms with Gasteiger partial charge in [-0.25, -0.2) is 4.98 Å². The lowest BCUT2D eigenvalue weighted by atomic mass is 10.1. The molecule has 4 aromatic carbocycles. The zero-order valence-electron chi connectivity index (χ0n) is 17.9. The lowest BCUT2D eigenvalue weighted by Crippen LogP contribution is -2.24. The van der Waals surface area contributed by atoms with Crippen molar-refractivity contribution in [2.45, 2.75) is 23.9 Å². The van der Waals surface area contributed by atoms with E-state index in [1.54, 1.807) is 16.3 Å². The predicted octanol–water partition coefficient (Wildman–Crippen LogP) is 5.96. The SMILES string of the molecule is N#Cc1ccc(CSc2nc3cc4ccccc4cc3c(=O)n2CCc2ccccc2)cc1. The number of fused-ring (bicyclic) bond motifs is 2. The minimum absolute atomic E-state index is 0.0102. The summed E-state index contributed by atoms with van der Waals surface area (Å²) < 4.78 is 1.80. The molecule has 0 N–H and O–H groups in total. The monoisotopic (exact) mass is 447 g/mol. The second kappa shape index (κ2) is 9.32. The van der Waals surface area contributed by atoms with Gasteiger partial charge in [0.2, 0.25) is 0 Å². The maximum Gasteiger partial charge on any atom is 0.262 e. The maximum absolute atomic E-state index is 13.6. The molecule has 4 nitrogen and oxygen atoms in total. The largest absolute Gasteiger partial charge is 0.287 e. The molecule has 1 aromatic heterocycles. The van der Waals surface area contributed by atoms with Gasteiger partial charge in [0.15, 0.2) is 5.16 Å². The van der Waals surface area contributed by atoms with Gasteiger partial charge in [-0.2, -0.15) is 5.26 Å². The smallest absolute Gasteiger partial charge is 0.262 e. The molecule has 0 radical (unpaired) electrons. The summed E-state index contributed by atoms with van der Waals surface area (Å²) in [6, 6.07) is 31.9. The molecule has 0 aliphatic carbocycles. The quantitative estimate of drug-likeness (QED) is 0.183. The highest BCUT2D eigenvalue weighted by Crippen LogP contribution is 2.25. The third-order valence-corrected chi connectivity index (χ3v) is 6.75. The molecular formula is C28H21N3OS. The fraction of sp³-hybridized carbons (Fsp3) is 0.107. The van der Waals surface area contributed by atoms with Crippen molar-refractivity contribution in [2.24, 2.45) is 0 Å². The number of aryl methyl sites for hydroxylation is 1. The van der Waals surface area contributed by atoms with E-state index in [-0.39, 0.29) is 5.56 Å². The Hall–Kier alpha value is -3.88. The van der Waals surface area contributed by atoms with E-state index >= 15 is 0 Å². The van der Waals surface area contributed by atoms with Crippen molar-refractivity contribution >= 4 is 33.4 Å². The summed E-state index contributed by atoms with van der Waals surface area (Å²) in [5, 5.41) is 12.5. The van der Waals surface area contributed by atoms with Gasteiger partial charge in [0.25, 0.3) is 5.56 Å². The summed E-state index contributed by atoms with van der Waals surface area (Å²) in [6.45, 7) is 0.564. The van der Waals surface area contributed by atoms with Crippen LogP contribution < -0.4 is 5.56 Å². The molecule has 0 amide bonds. The summed E-state index contributed by atoms with van der Waals surface area (Å²) in [4.78, 5) is 18.5. The molecule has 1 heterocycles. The summed E-state index contributed by atoms with van der Waals surface area (Å²) in [6.07, 6.45) is 0.756. The average Bonchev–Trinajstić information content (AvgIpc) is 2.87. The molecule has 5 rings (SSSR count). The van der Waals surface area contributed by atoms with E-state index in [0.717, 1.165) is 28.3 Å². The third kappa shape index (κ3) is 4.52. The molecule has 0 unspecified atom stereocenters. The molecule has 160 valence electrons. The van der Waals surface area contributed by atoms with Crippen LogP contribution in [0.2, 0.25) is 0 Å². The van der Waals surface area contributed by atoms with Gasteiger partial charge < -0.3 is 0 Å². The van der Waals surface area contributed by atoms with Crippen LogP contribution in [-0.4, -0.2) is 9.55 Å². The second-order valence-corrected chi connectivity index (χ2v) is 8.84. The minimum Gasteiger partial charge on any atom is -0.287 e. The lowest BCUT2D eigenvalue weighted by molar-refractivity contribution is 0.595. The van der Waals surface area contributed by atoms with E-state index in [0.29, 0.717) is 28.4 Å². The zero-order chi connectivity index (χ0) is 22.6. The second-order valence-electron chi connectivity index (χ2n) is 7.90. The number of hydrogen-bond donors (Lipinski definition) is 0. The van der Waals surface area contributed by atoms with E-state index in [1.165, 1.54) is 5.56 Å². The number of rotatable bonds is 6. The van der Waals surface area contributed by atoms with Crippen LogP contribution in [0.4, 0.5) is 0 Å². The van der Waals surface area contributed by atoms with Crippen LogP contribution in [-0.2, 0) is 18.7 Å². The van der Waals surface area contributed by atoms with Crippen molar-refractivity contribution in [1.29, 1.82) is 5.26 Å². The normalized spacial score (nSPS) is 11.0. The van der Waals surface area contributed by atoms with E-state index in [1.807, 2.05) is 78.9 Å². The van der Waals surface area contributed by atoms with Gasteiger partial charge >= 0.3 is 0 Å². The molecular weight excluding hydrogens is 426 g/mol. The Bertz CT molecular complexity index is 1530. The standard InChI is InChI=1S/C28H21N3OS/c29-18-21-10-12-22(13-11-21)19-33-28-30-26-17-24-9-5-4-8-23(24)16-25(26)27(32)31(28)15-14-20-6-2-1-3-7-20/h1-13,16-17H,14-15,19H2. The Balaban J connectivity index is 1.55. The maximum atomic E-state index is 13.6. The van der Waals surface area contributed by atoms with Crippen molar-refractivity contribution in [2.75, 3.05) is 0 Å².